The van der Waals surface area contributed by atoms with Crippen molar-refractivity contribution in [2.24, 2.45) is 0 Å². The Morgan fingerprint density at radius 2 is 0.642 bits per heavy atom. The van der Waals surface area contributed by atoms with Crippen molar-refractivity contribution in [3.63, 3.8) is 0 Å². The van der Waals surface area contributed by atoms with Gasteiger partial charge in [0.25, 0.3) is 0 Å². The van der Waals surface area contributed by atoms with Gasteiger partial charge >= 0.3 is 7.12 Å². The molecule has 0 aliphatic carbocycles. The van der Waals surface area contributed by atoms with Gasteiger partial charge in [-0.2, -0.15) is 0 Å². The van der Waals surface area contributed by atoms with Gasteiger partial charge in [-0.3, -0.25) is 0 Å². The molecule has 3 aliphatic heterocycles. The zero-order valence-electron chi connectivity index (χ0n) is 61.0. The van der Waals surface area contributed by atoms with Crippen LogP contribution in [-0.4, -0.2) is 43.6 Å². The monoisotopic (exact) mass is 1500 g/mol. The van der Waals surface area contributed by atoms with E-state index in [1.54, 1.807) is 15.6 Å². The van der Waals surface area contributed by atoms with Crippen LogP contribution in [0, 0.1) is 13.8 Å². The fourth-order valence-electron chi connectivity index (χ4n) is 17.6. The highest BCUT2D eigenvalue weighted by Crippen LogP contribution is 2.45. The first kappa shape index (κ1) is 65.5. The SMILES string of the molecule is Cc1ccc2sc3ccc(-c4ccc5c(c4)c4cc(B6OC(C)(C)C(C)(C)O6)ccc4n5-c4ccc(-c5ccc6c(c5)[Si](C)(C)c5ccccc5-6)cc4)cc3c2c1.Cc1ccc2sc3ccc(-c4ccc5c(c4)c4cc(Br)ccc4n5-c4ccc(-c5ccc6c(c5)[Si](C)(C)c5ccccc5-6)cc4)cc3c2c1. The Hall–Kier alpha value is -9.98. The molecule has 0 radical (unpaired) electrons. The molecule has 0 bridgehead atoms. The van der Waals surface area contributed by atoms with Crippen LogP contribution in [0.25, 0.3) is 162 Å². The number of fused-ring (bicyclic) bond motifs is 18. The van der Waals surface area contributed by atoms with Crippen LogP contribution in [-0.2, 0) is 9.31 Å². The van der Waals surface area contributed by atoms with Crippen molar-refractivity contribution in [2.75, 3.05) is 0 Å². The van der Waals surface area contributed by atoms with Crippen molar-refractivity contribution in [1.29, 1.82) is 0 Å². The lowest BCUT2D eigenvalue weighted by atomic mass is 9.78. The minimum atomic E-state index is -1.77. The molecule has 0 saturated carbocycles. The highest BCUT2D eigenvalue weighted by molar-refractivity contribution is 9.10. The molecule has 21 rings (SSSR count). The molecule has 3 aliphatic rings. The Kier molecular flexibility index (Phi) is 14.8. The average molecular weight is 1500 g/mol. The van der Waals surface area contributed by atoms with Gasteiger partial charge in [0.2, 0.25) is 0 Å². The van der Waals surface area contributed by atoms with Crippen molar-refractivity contribution in [2.45, 2.75) is 78.9 Å². The van der Waals surface area contributed by atoms with Crippen LogP contribution in [0.4, 0.5) is 0 Å². The predicted octanol–water partition coefficient (Wildman–Crippen LogP) is 24.3. The zero-order valence-corrected chi connectivity index (χ0v) is 66.3. The van der Waals surface area contributed by atoms with E-state index in [1.165, 1.54) is 167 Å². The minimum absolute atomic E-state index is 0.417. The molecular weight excluding hydrogens is 1420 g/mol. The van der Waals surface area contributed by atoms with Crippen LogP contribution in [0.1, 0.15) is 38.8 Å². The molecule has 4 aromatic heterocycles. The predicted molar refractivity (Wildman–Crippen MR) is 466 cm³/mol. The Labute approximate surface area is 637 Å². The van der Waals surface area contributed by atoms with E-state index in [1.807, 2.05) is 22.7 Å². The van der Waals surface area contributed by atoms with E-state index in [-0.39, 0.29) is 0 Å². The maximum atomic E-state index is 6.56. The summed E-state index contributed by atoms with van der Waals surface area (Å²) in [4.78, 5) is 0. The second-order valence-corrected chi connectivity index (χ2v) is 43.5. The third-order valence-electron chi connectivity index (χ3n) is 24.0. The number of aryl methyl sites for hydroxylation is 2. The van der Waals surface area contributed by atoms with Gasteiger partial charge in [0.15, 0.2) is 0 Å². The van der Waals surface area contributed by atoms with Crippen LogP contribution in [0.3, 0.4) is 0 Å². The number of rotatable bonds is 7. The fourth-order valence-corrected chi connectivity index (χ4v) is 26.3. The van der Waals surface area contributed by atoms with Crippen molar-refractivity contribution >= 4 is 172 Å². The summed E-state index contributed by atoms with van der Waals surface area (Å²) in [6.07, 6.45) is 0. The van der Waals surface area contributed by atoms with E-state index in [0.29, 0.717) is 0 Å². The number of hydrogen-bond donors (Lipinski definition) is 0. The van der Waals surface area contributed by atoms with E-state index < -0.39 is 34.5 Å². The molecule has 512 valence electrons. The molecule has 18 aromatic rings. The summed E-state index contributed by atoms with van der Waals surface area (Å²) >= 11 is 7.51. The molecule has 1 fully saturated rings. The van der Waals surface area contributed by atoms with Crippen molar-refractivity contribution in [3.8, 4) is 78.1 Å². The summed E-state index contributed by atoms with van der Waals surface area (Å²) in [5, 5.41) is 16.4. The van der Waals surface area contributed by atoms with Crippen LogP contribution in [0.15, 0.2) is 284 Å². The van der Waals surface area contributed by atoms with Crippen LogP contribution in [0.5, 0.6) is 0 Å². The second-order valence-electron chi connectivity index (χ2n) is 31.7. The maximum Gasteiger partial charge on any atom is 0.494 e. The quantitative estimate of drug-likeness (QED) is 0.149. The number of aromatic nitrogens is 2. The molecule has 0 atom stereocenters. The van der Waals surface area contributed by atoms with Crippen LogP contribution < -0.4 is 26.2 Å². The molecule has 4 nitrogen and oxygen atoms in total. The fraction of sp³-hybridized carbons (Fsp3) is 0.125. The number of benzene rings is 14. The van der Waals surface area contributed by atoms with Crippen molar-refractivity contribution in [1.82, 2.24) is 9.13 Å². The number of thiophene rings is 2. The number of hydrogen-bond acceptors (Lipinski definition) is 4. The van der Waals surface area contributed by atoms with Gasteiger partial charge in [-0.05, 0) is 256 Å². The summed E-state index contributed by atoms with van der Waals surface area (Å²) in [6, 6.07) is 105. The van der Waals surface area contributed by atoms with Crippen LogP contribution in [0.2, 0.25) is 26.2 Å². The van der Waals surface area contributed by atoms with Gasteiger partial charge in [0.05, 0.1) is 33.3 Å². The number of halogens is 1. The maximum absolute atomic E-state index is 6.56. The van der Waals surface area contributed by atoms with E-state index >= 15 is 0 Å². The van der Waals surface area contributed by atoms with Crippen LogP contribution >= 0.6 is 38.6 Å². The molecule has 10 heteroatoms. The molecule has 0 spiro atoms. The Balaban J connectivity index is 0.000000142. The zero-order chi connectivity index (χ0) is 72.0. The standard InChI is InChI=1S/C51H44BNO2SSi.C45H32BrNSSi/c1-31-12-24-46-42(26-31)43-28-34(17-25-47(43)56-46)33-16-22-44-40(27-33)41-30-36(52-54-50(2,3)51(4,5)55-52)18-23-45(41)53(44)37-19-13-32(14-20-37)35-15-21-39-38-10-8-9-11-48(38)57(6,7)49(39)29-35;1-27-8-20-42-38(22-27)39-24-30(13-21-43(39)48-42)29-12-18-40-36(23-29)37-26-32(46)14-19-41(37)47(40)33-15-9-28(10-16-33)31-11-17-35-34-6-4-5-7-44(34)49(2,3)45(35)25-31/h8-30H,1-7H3;4-26H,1-3H3. The third-order valence-corrected chi connectivity index (χ3v) is 33.9. The normalized spacial score (nSPS) is 15.1. The van der Waals surface area contributed by atoms with Gasteiger partial charge in [-0.25, -0.2) is 0 Å². The summed E-state index contributed by atoms with van der Waals surface area (Å²) in [7, 11) is -3.93. The molecular formula is C96H76BBrN2O2S2Si2. The summed E-state index contributed by atoms with van der Waals surface area (Å²) in [5.41, 5.74) is 25.5. The van der Waals surface area contributed by atoms with E-state index in [0.717, 1.165) is 21.1 Å². The van der Waals surface area contributed by atoms with Gasteiger partial charge in [-0.15, -0.1) is 22.7 Å². The smallest absolute Gasteiger partial charge is 0.399 e. The molecule has 1 saturated heterocycles. The summed E-state index contributed by atoms with van der Waals surface area (Å²) in [5.74, 6) is 0. The third kappa shape index (κ3) is 10.3. The summed E-state index contributed by atoms with van der Waals surface area (Å²) in [6.45, 7) is 22.8. The first-order chi connectivity index (χ1) is 51.2. The van der Waals surface area contributed by atoms with E-state index in [2.05, 4.69) is 372 Å². The molecule has 0 unspecified atom stereocenters. The molecule has 7 heterocycles. The van der Waals surface area contributed by atoms with Crippen molar-refractivity contribution < 1.29 is 9.31 Å². The topological polar surface area (TPSA) is 28.3 Å². The number of nitrogens with zero attached hydrogens (tertiary/aromatic N) is 2. The Morgan fingerprint density at radius 1 is 0.311 bits per heavy atom. The Bertz CT molecular complexity index is 6760. The lowest BCUT2D eigenvalue weighted by Crippen LogP contribution is -2.49. The van der Waals surface area contributed by atoms with E-state index in [9.17, 15) is 0 Å². The lowest BCUT2D eigenvalue weighted by Gasteiger charge is -2.32. The average Bonchev–Trinajstić information content (AvgIpc) is 1.60. The van der Waals surface area contributed by atoms with Crippen molar-refractivity contribution in [3.05, 3.63) is 295 Å². The summed E-state index contributed by atoms with van der Waals surface area (Å²) < 4.78 is 24.4. The van der Waals surface area contributed by atoms with E-state index in [4.69, 9.17) is 9.31 Å². The van der Waals surface area contributed by atoms with Gasteiger partial charge in [0, 0.05) is 77.7 Å². The van der Waals surface area contributed by atoms with Gasteiger partial charge in [-0.1, -0.05) is 211 Å². The first-order valence-electron chi connectivity index (χ1n) is 36.9. The highest BCUT2D eigenvalue weighted by atomic mass is 79.9. The van der Waals surface area contributed by atoms with Gasteiger partial charge in [0.1, 0.15) is 16.1 Å². The second kappa shape index (κ2) is 24.0. The Morgan fingerprint density at radius 3 is 1.09 bits per heavy atom. The highest BCUT2D eigenvalue weighted by Gasteiger charge is 2.52. The largest absolute Gasteiger partial charge is 0.494 e. The first-order valence-corrected chi connectivity index (χ1v) is 45.4. The molecule has 106 heavy (non-hydrogen) atoms. The minimum Gasteiger partial charge on any atom is -0.399 e. The molecule has 0 N–H and O–H groups in total. The van der Waals surface area contributed by atoms with Gasteiger partial charge < -0.3 is 18.4 Å². The lowest BCUT2D eigenvalue weighted by molar-refractivity contribution is 0.00578. The molecule has 0 amide bonds. The molecule has 14 aromatic carbocycles.